The maximum atomic E-state index is 11.3. The van der Waals surface area contributed by atoms with Gasteiger partial charge in [-0.25, -0.2) is 24.0 Å². The number of aromatic nitrogens is 3. The molecule has 0 aliphatic heterocycles. The molecule has 0 bridgehead atoms. The third-order valence-corrected chi connectivity index (χ3v) is 6.53. The molecule has 0 aliphatic carbocycles. The topological polar surface area (TPSA) is 302 Å². The van der Waals surface area contributed by atoms with Crippen molar-refractivity contribution in [1.82, 2.24) is 15.0 Å². The van der Waals surface area contributed by atoms with Crippen molar-refractivity contribution in [1.29, 1.82) is 0 Å². The lowest BCUT2D eigenvalue weighted by atomic mass is 10.1. The highest BCUT2D eigenvalue weighted by Crippen LogP contribution is 2.23. The van der Waals surface area contributed by atoms with E-state index in [9.17, 15) is 34.2 Å². The average Bonchev–Trinajstić information content (AvgIpc) is 3.06. The first-order valence-corrected chi connectivity index (χ1v) is 14.2. The standard InChI is InChI=1S/C33H26N6O12/c40-25(41)22(26(42)43)13-16-1-7-19(8-2-16)34-31-37-32(35-20-9-3-17(4-10-20)14-23(27(44)45)28(46)47)39-33(38-31)36-21-11-5-18(6-12-21)15-24(29(48)49)30(50)51/h1-15,25,40-41H,(H,42,43)(H,44,45)(H,46,47)(H,48,49)(H,50,51)(H3,34,35,36,37,38,39)/b22-13-. The number of aliphatic carboxylic acids is 5. The van der Waals surface area contributed by atoms with Gasteiger partial charge in [0.2, 0.25) is 17.8 Å². The molecule has 0 unspecified atom stereocenters. The summed E-state index contributed by atoms with van der Waals surface area (Å²) in [6.07, 6.45) is 0.867. The fourth-order valence-corrected chi connectivity index (χ4v) is 4.11. The molecular weight excluding hydrogens is 672 g/mol. The third kappa shape index (κ3) is 10.3. The van der Waals surface area contributed by atoms with E-state index in [4.69, 9.17) is 25.5 Å². The van der Waals surface area contributed by atoms with E-state index in [1.165, 1.54) is 60.7 Å². The van der Waals surface area contributed by atoms with Crippen LogP contribution < -0.4 is 16.0 Å². The number of hydrogen-bond donors (Lipinski definition) is 10. The van der Waals surface area contributed by atoms with Gasteiger partial charge in [-0.3, -0.25) is 0 Å². The van der Waals surface area contributed by atoms with Gasteiger partial charge in [0.1, 0.15) is 11.1 Å². The Morgan fingerprint density at radius 2 is 0.725 bits per heavy atom. The molecule has 10 N–H and O–H groups in total. The molecule has 3 aromatic carbocycles. The molecule has 0 radical (unpaired) electrons. The van der Waals surface area contributed by atoms with Crippen molar-refractivity contribution in [3.05, 3.63) is 106 Å². The van der Waals surface area contributed by atoms with Gasteiger partial charge in [-0.2, -0.15) is 15.0 Å². The SMILES string of the molecule is O=C(O)C(=Cc1ccc(Nc2nc(Nc3ccc(C=C(C(=O)O)C(=O)O)cc3)nc(Nc3ccc(/C=C(\C(=O)O)C(O)O)cc3)n2)cc1)C(=O)O. The van der Waals surface area contributed by atoms with Gasteiger partial charge in [-0.15, -0.1) is 0 Å². The van der Waals surface area contributed by atoms with Gasteiger partial charge in [0, 0.05) is 17.1 Å². The summed E-state index contributed by atoms with van der Waals surface area (Å²) >= 11 is 0. The van der Waals surface area contributed by atoms with Crippen molar-refractivity contribution in [2.75, 3.05) is 16.0 Å². The minimum absolute atomic E-state index is 0.00440. The van der Waals surface area contributed by atoms with E-state index in [-0.39, 0.29) is 17.8 Å². The Morgan fingerprint density at radius 1 is 0.451 bits per heavy atom. The van der Waals surface area contributed by atoms with Crippen LogP contribution in [0.15, 0.2) is 89.5 Å². The lowest BCUT2D eigenvalue weighted by Crippen LogP contribution is -2.16. The van der Waals surface area contributed by atoms with Crippen LogP contribution in [0.25, 0.3) is 18.2 Å². The molecule has 4 rings (SSSR count). The van der Waals surface area contributed by atoms with Gasteiger partial charge in [0.25, 0.3) is 0 Å². The molecule has 1 heterocycles. The van der Waals surface area contributed by atoms with E-state index in [0.29, 0.717) is 33.8 Å². The highest BCUT2D eigenvalue weighted by molar-refractivity contribution is 6.16. The lowest BCUT2D eigenvalue weighted by Gasteiger charge is -2.12. The average molecular weight is 699 g/mol. The van der Waals surface area contributed by atoms with E-state index in [1.54, 1.807) is 12.1 Å². The monoisotopic (exact) mass is 698 g/mol. The van der Waals surface area contributed by atoms with Crippen LogP contribution in [-0.2, 0) is 24.0 Å². The van der Waals surface area contributed by atoms with E-state index in [2.05, 4.69) is 30.9 Å². The zero-order valence-electron chi connectivity index (χ0n) is 25.8. The van der Waals surface area contributed by atoms with Gasteiger partial charge in [-0.1, -0.05) is 36.4 Å². The van der Waals surface area contributed by atoms with Crippen LogP contribution in [0.3, 0.4) is 0 Å². The van der Waals surface area contributed by atoms with Gasteiger partial charge < -0.3 is 51.7 Å². The molecule has 1 aromatic heterocycles. The first kappa shape index (κ1) is 36.4. The van der Waals surface area contributed by atoms with Crippen LogP contribution in [0.5, 0.6) is 0 Å². The second kappa shape index (κ2) is 16.1. The van der Waals surface area contributed by atoms with Crippen LogP contribution in [0, 0.1) is 0 Å². The molecule has 18 heteroatoms. The zero-order valence-corrected chi connectivity index (χ0v) is 25.8. The summed E-state index contributed by atoms with van der Waals surface area (Å²) in [5, 5.41) is 73.1. The second-order valence-corrected chi connectivity index (χ2v) is 10.2. The molecule has 18 nitrogen and oxygen atoms in total. The highest BCUT2D eigenvalue weighted by atomic mass is 16.5. The van der Waals surface area contributed by atoms with Crippen LogP contribution in [-0.4, -0.2) is 86.8 Å². The van der Waals surface area contributed by atoms with Crippen LogP contribution >= 0.6 is 0 Å². The maximum absolute atomic E-state index is 11.3. The summed E-state index contributed by atoms with van der Waals surface area (Å²) in [6.45, 7) is 0. The normalized spacial score (nSPS) is 10.8. The molecule has 0 amide bonds. The molecule has 0 atom stereocenters. The van der Waals surface area contributed by atoms with Crippen molar-refractivity contribution in [3.63, 3.8) is 0 Å². The van der Waals surface area contributed by atoms with Gasteiger partial charge in [0.15, 0.2) is 6.29 Å². The van der Waals surface area contributed by atoms with Crippen molar-refractivity contribution < 1.29 is 59.7 Å². The van der Waals surface area contributed by atoms with Crippen molar-refractivity contribution in [3.8, 4) is 0 Å². The maximum Gasteiger partial charge on any atom is 0.343 e. The van der Waals surface area contributed by atoms with Gasteiger partial charge in [-0.05, 0) is 71.3 Å². The first-order valence-electron chi connectivity index (χ1n) is 14.2. The Labute approximate surface area is 286 Å². The second-order valence-electron chi connectivity index (χ2n) is 10.2. The molecule has 0 spiro atoms. The molecule has 51 heavy (non-hydrogen) atoms. The Balaban J connectivity index is 1.64. The largest absolute Gasteiger partial charge is 0.478 e. The first-order chi connectivity index (χ1) is 24.2. The number of rotatable bonds is 15. The Bertz CT molecular complexity index is 1940. The number of anilines is 6. The number of nitrogens with zero attached hydrogens (tertiary/aromatic N) is 3. The van der Waals surface area contributed by atoms with E-state index >= 15 is 0 Å². The number of hydrogen-bond acceptors (Lipinski definition) is 13. The minimum atomic E-state index is -2.19. The summed E-state index contributed by atoms with van der Waals surface area (Å²) in [5.41, 5.74) is -0.0906. The van der Waals surface area contributed by atoms with Gasteiger partial charge >= 0.3 is 29.8 Å². The number of benzene rings is 3. The predicted octanol–water partition coefficient (Wildman–Crippen LogP) is 2.99. The molecule has 0 aliphatic rings. The third-order valence-electron chi connectivity index (χ3n) is 6.53. The summed E-state index contributed by atoms with van der Waals surface area (Å²) in [7, 11) is 0. The number of carboxylic acid groups (broad SMARTS) is 5. The molecule has 260 valence electrons. The number of nitrogens with one attached hydrogen (secondary N) is 3. The minimum Gasteiger partial charge on any atom is -0.478 e. The summed E-state index contributed by atoms with van der Waals surface area (Å²) < 4.78 is 0. The van der Waals surface area contributed by atoms with Crippen LogP contribution in [0.1, 0.15) is 16.7 Å². The molecule has 0 fully saturated rings. The molecule has 0 saturated carbocycles. The van der Waals surface area contributed by atoms with Gasteiger partial charge in [0.05, 0.1) is 5.57 Å². The Hall–Kier alpha value is -7.44. The summed E-state index contributed by atoms with van der Waals surface area (Å²) in [4.78, 5) is 69.2. The lowest BCUT2D eigenvalue weighted by molar-refractivity contribution is -0.142. The predicted molar refractivity (Wildman–Crippen MR) is 179 cm³/mol. The number of carbonyl (C=O) groups is 5. The van der Waals surface area contributed by atoms with Crippen LogP contribution in [0.4, 0.5) is 34.9 Å². The number of carboxylic acids is 5. The zero-order chi connectivity index (χ0) is 37.2. The quantitative estimate of drug-likeness (QED) is 0.0369. The number of aliphatic hydroxyl groups excluding tert-OH is 1. The van der Waals surface area contributed by atoms with Crippen molar-refractivity contribution >= 4 is 83.0 Å². The van der Waals surface area contributed by atoms with Crippen molar-refractivity contribution in [2.24, 2.45) is 0 Å². The van der Waals surface area contributed by atoms with E-state index in [1.807, 2.05) is 0 Å². The Morgan fingerprint density at radius 3 is 0.961 bits per heavy atom. The van der Waals surface area contributed by atoms with Crippen molar-refractivity contribution in [2.45, 2.75) is 6.29 Å². The fourth-order valence-electron chi connectivity index (χ4n) is 4.11. The van der Waals surface area contributed by atoms with E-state index in [0.717, 1.165) is 18.2 Å². The summed E-state index contributed by atoms with van der Waals surface area (Å²) in [5.74, 6) is -7.91. The number of aliphatic hydroxyl groups is 2. The highest BCUT2D eigenvalue weighted by Gasteiger charge is 2.18. The fraction of sp³-hybridized carbons (Fsp3) is 0.0303. The molecule has 0 saturated heterocycles. The smallest absolute Gasteiger partial charge is 0.343 e. The molecule has 4 aromatic rings. The molecular formula is C33H26N6O12. The Kier molecular flexibility index (Phi) is 11.5. The summed E-state index contributed by atoms with van der Waals surface area (Å²) in [6, 6.07) is 18.0. The van der Waals surface area contributed by atoms with E-state index < -0.39 is 52.9 Å². The van der Waals surface area contributed by atoms with Crippen LogP contribution in [0.2, 0.25) is 0 Å².